The fourth-order valence-corrected chi connectivity index (χ4v) is 3.95. The van der Waals surface area contributed by atoms with E-state index in [1.165, 1.54) is 11.1 Å². The lowest BCUT2D eigenvalue weighted by molar-refractivity contribution is 0.0728. The van der Waals surface area contributed by atoms with E-state index in [1.54, 1.807) is 0 Å². The molecule has 6 heteroatoms. The summed E-state index contributed by atoms with van der Waals surface area (Å²) < 4.78 is 0. The van der Waals surface area contributed by atoms with Crippen LogP contribution in [-0.2, 0) is 13.0 Å². The molecular formula is C21H27N5O. The van der Waals surface area contributed by atoms with Crippen molar-refractivity contribution in [3.05, 3.63) is 53.0 Å². The van der Waals surface area contributed by atoms with Gasteiger partial charge in [-0.25, -0.2) is 9.97 Å². The molecule has 0 spiro atoms. The highest BCUT2D eigenvalue weighted by Gasteiger charge is 2.24. The molecule has 1 aromatic carbocycles. The van der Waals surface area contributed by atoms with Crippen LogP contribution >= 0.6 is 0 Å². The molecule has 27 heavy (non-hydrogen) atoms. The number of amides is 1. The number of nitrogens with zero attached hydrogens (tertiary/aromatic N) is 5. The number of anilines is 1. The first-order chi connectivity index (χ1) is 13.1. The minimum atomic E-state index is 0.00319. The van der Waals surface area contributed by atoms with Crippen LogP contribution < -0.4 is 4.90 Å². The van der Waals surface area contributed by atoms with Gasteiger partial charge >= 0.3 is 0 Å². The number of likely N-dealkylation sites (N-methyl/N-ethyl adjacent to an activating group) is 1. The molecule has 0 saturated carbocycles. The molecule has 0 atom stereocenters. The van der Waals surface area contributed by atoms with E-state index < -0.39 is 0 Å². The topological polar surface area (TPSA) is 52.6 Å². The van der Waals surface area contributed by atoms with Gasteiger partial charge in [0.05, 0.1) is 0 Å². The number of carbonyl (C=O) groups is 1. The number of hydrogen-bond acceptors (Lipinski definition) is 5. The molecule has 0 N–H and O–H groups in total. The monoisotopic (exact) mass is 365 g/mol. The van der Waals surface area contributed by atoms with Gasteiger partial charge in [0.15, 0.2) is 0 Å². The molecule has 6 nitrogen and oxygen atoms in total. The van der Waals surface area contributed by atoms with Crippen molar-refractivity contribution >= 4 is 11.7 Å². The van der Waals surface area contributed by atoms with Crippen molar-refractivity contribution in [3.63, 3.8) is 0 Å². The Hall–Kier alpha value is -2.47. The molecule has 1 amide bonds. The Morgan fingerprint density at radius 1 is 1.04 bits per heavy atom. The minimum Gasteiger partial charge on any atom is -0.354 e. The van der Waals surface area contributed by atoms with Gasteiger partial charge in [-0.3, -0.25) is 4.79 Å². The lowest BCUT2D eigenvalue weighted by atomic mass is 10.00. The molecule has 1 fully saturated rings. The van der Waals surface area contributed by atoms with E-state index in [0.717, 1.165) is 51.5 Å². The standard InChI is InChI=1S/C21H27N5O/c1-3-24-10-12-25(13-11-24)20-14-19(22-16(2)23-20)21(27)26-9-8-17-6-4-5-7-18(17)15-26/h4-7,14H,3,8-13,15H2,1-2H3. The summed E-state index contributed by atoms with van der Waals surface area (Å²) in [6.45, 7) is 10.5. The maximum Gasteiger partial charge on any atom is 0.272 e. The molecule has 1 aromatic heterocycles. The number of carbonyl (C=O) groups excluding carboxylic acids is 1. The lowest BCUT2D eigenvalue weighted by Crippen LogP contribution is -2.46. The summed E-state index contributed by atoms with van der Waals surface area (Å²) >= 11 is 0. The average molecular weight is 365 g/mol. The summed E-state index contributed by atoms with van der Waals surface area (Å²) in [7, 11) is 0. The van der Waals surface area contributed by atoms with E-state index in [1.807, 2.05) is 24.0 Å². The van der Waals surface area contributed by atoms with E-state index in [9.17, 15) is 4.79 Å². The third-order valence-electron chi connectivity index (χ3n) is 5.60. The molecule has 4 rings (SSSR count). The van der Waals surface area contributed by atoms with Crippen molar-refractivity contribution in [3.8, 4) is 0 Å². The zero-order chi connectivity index (χ0) is 18.8. The second-order valence-electron chi connectivity index (χ2n) is 7.33. The van der Waals surface area contributed by atoms with Gasteiger partial charge in [0, 0.05) is 45.3 Å². The van der Waals surface area contributed by atoms with E-state index in [2.05, 4.69) is 44.9 Å². The Kier molecular flexibility index (Phi) is 5.07. The summed E-state index contributed by atoms with van der Waals surface area (Å²) in [5, 5.41) is 0. The summed E-state index contributed by atoms with van der Waals surface area (Å²) in [5.74, 6) is 1.54. The Labute approximate surface area is 160 Å². The summed E-state index contributed by atoms with van der Waals surface area (Å²) in [4.78, 5) is 28.8. The van der Waals surface area contributed by atoms with Crippen molar-refractivity contribution in [2.75, 3.05) is 44.2 Å². The second kappa shape index (κ2) is 7.64. The van der Waals surface area contributed by atoms with Crippen LogP contribution in [0, 0.1) is 6.92 Å². The number of hydrogen-bond donors (Lipinski definition) is 0. The van der Waals surface area contributed by atoms with Crippen molar-refractivity contribution in [2.45, 2.75) is 26.8 Å². The maximum absolute atomic E-state index is 13.1. The fraction of sp³-hybridized carbons (Fsp3) is 0.476. The minimum absolute atomic E-state index is 0.00319. The van der Waals surface area contributed by atoms with Gasteiger partial charge < -0.3 is 14.7 Å². The molecule has 0 aliphatic carbocycles. The number of piperazine rings is 1. The normalized spacial score (nSPS) is 17.7. The van der Waals surface area contributed by atoms with Gasteiger partial charge in [-0.05, 0) is 31.0 Å². The van der Waals surface area contributed by atoms with Crippen LogP contribution in [0.25, 0.3) is 0 Å². The van der Waals surface area contributed by atoms with E-state index in [0.29, 0.717) is 18.1 Å². The average Bonchev–Trinajstić information content (AvgIpc) is 2.72. The molecule has 2 aliphatic rings. The van der Waals surface area contributed by atoms with Crippen molar-refractivity contribution < 1.29 is 4.79 Å². The summed E-state index contributed by atoms with van der Waals surface area (Å²) in [6, 6.07) is 10.2. The number of benzene rings is 1. The Morgan fingerprint density at radius 2 is 1.78 bits per heavy atom. The third kappa shape index (κ3) is 3.81. The Balaban J connectivity index is 1.52. The van der Waals surface area contributed by atoms with Crippen LogP contribution in [-0.4, -0.2) is 64.9 Å². The number of rotatable bonds is 3. The summed E-state index contributed by atoms with van der Waals surface area (Å²) in [6.07, 6.45) is 0.901. The van der Waals surface area contributed by atoms with Gasteiger partial charge in [0.25, 0.3) is 5.91 Å². The molecule has 2 aromatic rings. The molecule has 1 saturated heterocycles. The number of aromatic nitrogens is 2. The van der Waals surface area contributed by atoms with Crippen LogP contribution in [0.3, 0.4) is 0 Å². The smallest absolute Gasteiger partial charge is 0.272 e. The fourth-order valence-electron chi connectivity index (χ4n) is 3.95. The predicted octanol–water partition coefficient (Wildman–Crippen LogP) is 2.13. The number of aryl methyl sites for hydroxylation is 1. The predicted molar refractivity (Wildman–Crippen MR) is 106 cm³/mol. The zero-order valence-electron chi connectivity index (χ0n) is 16.2. The molecule has 2 aliphatic heterocycles. The molecule has 0 radical (unpaired) electrons. The van der Waals surface area contributed by atoms with E-state index in [4.69, 9.17) is 0 Å². The molecule has 0 bridgehead atoms. The molecule has 0 unspecified atom stereocenters. The first-order valence-corrected chi connectivity index (χ1v) is 9.83. The van der Waals surface area contributed by atoms with Gasteiger partial charge in [-0.15, -0.1) is 0 Å². The van der Waals surface area contributed by atoms with Crippen molar-refractivity contribution in [1.82, 2.24) is 19.8 Å². The molecular weight excluding hydrogens is 338 g/mol. The van der Waals surface area contributed by atoms with Crippen LogP contribution in [0.5, 0.6) is 0 Å². The van der Waals surface area contributed by atoms with Gasteiger partial charge in [0.2, 0.25) is 0 Å². The van der Waals surface area contributed by atoms with Crippen molar-refractivity contribution in [1.29, 1.82) is 0 Å². The second-order valence-corrected chi connectivity index (χ2v) is 7.33. The first kappa shape index (κ1) is 17.9. The SMILES string of the molecule is CCN1CCN(c2cc(C(=O)N3CCc4ccccc4C3)nc(C)n2)CC1. The highest BCUT2D eigenvalue weighted by molar-refractivity contribution is 5.93. The van der Waals surface area contributed by atoms with Gasteiger partial charge in [-0.2, -0.15) is 0 Å². The van der Waals surface area contributed by atoms with Crippen molar-refractivity contribution in [2.24, 2.45) is 0 Å². The first-order valence-electron chi connectivity index (χ1n) is 9.83. The largest absolute Gasteiger partial charge is 0.354 e. The van der Waals surface area contributed by atoms with Crippen LogP contribution in [0.1, 0.15) is 34.4 Å². The quantitative estimate of drug-likeness (QED) is 0.834. The van der Waals surface area contributed by atoms with Crippen LogP contribution in [0.2, 0.25) is 0 Å². The van der Waals surface area contributed by atoms with Gasteiger partial charge in [-0.1, -0.05) is 31.2 Å². The van der Waals surface area contributed by atoms with Crippen LogP contribution in [0.15, 0.2) is 30.3 Å². The van der Waals surface area contributed by atoms with E-state index in [-0.39, 0.29) is 5.91 Å². The third-order valence-corrected chi connectivity index (χ3v) is 5.60. The van der Waals surface area contributed by atoms with Crippen LogP contribution in [0.4, 0.5) is 5.82 Å². The Bertz CT molecular complexity index is 829. The molecule has 3 heterocycles. The Morgan fingerprint density at radius 3 is 2.52 bits per heavy atom. The summed E-state index contributed by atoms with van der Waals surface area (Å²) in [5.41, 5.74) is 3.09. The highest BCUT2D eigenvalue weighted by atomic mass is 16.2. The maximum atomic E-state index is 13.1. The van der Waals surface area contributed by atoms with E-state index >= 15 is 0 Å². The zero-order valence-corrected chi connectivity index (χ0v) is 16.2. The van der Waals surface area contributed by atoms with Gasteiger partial charge in [0.1, 0.15) is 17.3 Å². The highest BCUT2D eigenvalue weighted by Crippen LogP contribution is 2.21. The number of fused-ring (bicyclic) bond motifs is 1. The lowest BCUT2D eigenvalue weighted by Gasteiger charge is -2.35. The molecule has 142 valence electrons.